The minimum atomic E-state index is -4.38. The molecule has 0 aliphatic carbocycles. The van der Waals surface area contributed by atoms with Crippen LogP contribution in [0.15, 0.2) is 48.7 Å². The Morgan fingerprint density at radius 1 is 1.12 bits per heavy atom. The van der Waals surface area contributed by atoms with Gasteiger partial charge in [-0.3, -0.25) is 0 Å². The summed E-state index contributed by atoms with van der Waals surface area (Å²) in [6, 6.07) is 9.50. The fourth-order valence-electron chi connectivity index (χ4n) is 2.60. The molecule has 0 fully saturated rings. The Kier molecular flexibility index (Phi) is 4.01. The summed E-state index contributed by atoms with van der Waals surface area (Å²) in [4.78, 5) is 11.4. The third-order valence-electron chi connectivity index (χ3n) is 3.69. The predicted molar refractivity (Wildman–Crippen MR) is 84.5 cm³/mol. The van der Waals surface area contributed by atoms with Gasteiger partial charge in [0.15, 0.2) is 0 Å². The number of carboxylic acids is 1. The lowest BCUT2D eigenvalue weighted by atomic mass is 10.1. The molecule has 0 amide bonds. The van der Waals surface area contributed by atoms with Gasteiger partial charge in [0, 0.05) is 23.2 Å². The number of carboxylic acid groups (broad SMARTS) is 1. The zero-order valence-corrected chi connectivity index (χ0v) is 12.9. The summed E-state index contributed by atoms with van der Waals surface area (Å²) in [7, 11) is 0. The zero-order valence-electron chi connectivity index (χ0n) is 12.1. The molecule has 0 unspecified atom stereocenters. The fourth-order valence-corrected chi connectivity index (χ4v) is 2.83. The maximum atomic E-state index is 12.6. The molecular weight excluding hydrogens is 343 g/mol. The van der Waals surface area contributed by atoms with Gasteiger partial charge in [-0.1, -0.05) is 23.7 Å². The summed E-state index contributed by atoms with van der Waals surface area (Å²) in [5.74, 6) is -1.12. The topological polar surface area (TPSA) is 42.2 Å². The number of benzene rings is 2. The Morgan fingerprint density at radius 3 is 2.38 bits per heavy atom. The maximum absolute atomic E-state index is 12.6. The molecular formula is C17H11ClF3NO2. The normalized spacial score (nSPS) is 11.8. The third-order valence-corrected chi connectivity index (χ3v) is 3.91. The number of rotatable bonds is 3. The van der Waals surface area contributed by atoms with Crippen molar-refractivity contribution in [3.8, 4) is 0 Å². The minimum Gasteiger partial charge on any atom is -0.478 e. The first-order chi connectivity index (χ1) is 11.3. The van der Waals surface area contributed by atoms with Gasteiger partial charge in [0.25, 0.3) is 0 Å². The van der Waals surface area contributed by atoms with Crippen LogP contribution >= 0.6 is 11.6 Å². The van der Waals surface area contributed by atoms with Gasteiger partial charge in [0.1, 0.15) is 0 Å². The van der Waals surface area contributed by atoms with Crippen LogP contribution in [0.3, 0.4) is 0 Å². The number of carbonyl (C=O) groups is 1. The number of aromatic nitrogens is 1. The molecule has 1 aromatic heterocycles. The molecule has 0 bridgehead atoms. The van der Waals surface area contributed by atoms with Crippen LogP contribution in [0.4, 0.5) is 13.2 Å². The molecule has 1 heterocycles. The molecule has 3 rings (SSSR count). The van der Waals surface area contributed by atoms with Crippen molar-refractivity contribution in [3.63, 3.8) is 0 Å². The van der Waals surface area contributed by atoms with Gasteiger partial charge in [-0.2, -0.15) is 13.2 Å². The monoisotopic (exact) mass is 353 g/mol. The summed E-state index contributed by atoms with van der Waals surface area (Å²) in [5.41, 5.74) is 0.439. The second kappa shape index (κ2) is 5.87. The van der Waals surface area contributed by atoms with E-state index >= 15 is 0 Å². The Labute approximate surface area is 139 Å². The summed E-state index contributed by atoms with van der Waals surface area (Å²) < 4.78 is 39.5. The summed E-state index contributed by atoms with van der Waals surface area (Å²) in [5, 5.41) is 10.3. The van der Waals surface area contributed by atoms with Crippen molar-refractivity contribution in [2.45, 2.75) is 12.7 Å². The number of fused-ring (bicyclic) bond motifs is 1. The molecule has 0 aliphatic rings. The Hall–Kier alpha value is -2.47. The minimum absolute atomic E-state index is 0.0504. The molecule has 0 saturated heterocycles. The molecule has 0 atom stereocenters. The first kappa shape index (κ1) is 16.4. The highest BCUT2D eigenvalue weighted by Crippen LogP contribution is 2.30. The molecule has 0 radical (unpaired) electrons. The lowest BCUT2D eigenvalue weighted by Gasteiger charge is -2.10. The number of hydrogen-bond donors (Lipinski definition) is 1. The van der Waals surface area contributed by atoms with Crippen LogP contribution < -0.4 is 0 Å². The number of halogens is 4. The number of alkyl halides is 3. The van der Waals surface area contributed by atoms with Crippen molar-refractivity contribution in [1.82, 2.24) is 4.57 Å². The third kappa shape index (κ3) is 3.10. The SMILES string of the molecule is O=C(O)c1cc(Cl)cc2ccn(Cc3ccc(C(F)(F)F)cc3)c12. The lowest BCUT2D eigenvalue weighted by molar-refractivity contribution is -0.137. The van der Waals surface area contributed by atoms with Gasteiger partial charge < -0.3 is 9.67 Å². The van der Waals surface area contributed by atoms with Crippen LogP contribution in [0.25, 0.3) is 10.9 Å². The van der Waals surface area contributed by atoms with Gasteiger partial charge in [-0.15, -0.1) is 0 Å². The van der Waals surface area contributed by atoms with Gasteiger partial charge >= 0.3 is 12.1 Å². The molecule has 7 heteroatoms. The zero-order chi connectivity index (χ0) is 17.5. The van der Waals surface area contributed by atoms with E-state index in [2.05, 4.69) is 0 Å². The molecule has 2 aromatic carbocycles. The van der Waals surface area contributed by atoms with E-state index < -0.39 is 17.7 Å². The highest BCUT2D eigenvalue weighted by molar-refractivity contribution is 6.32. The van der Waals surface area contributed by atoms with Gasteiger partial charge in [0.05, 0.1) is 16.6 Å². The van der Waals surface area contributed by atoms with E-state index in [4.69, 9.17) is 11.6 Å². The first-order valence-electron chi connectivity index (χ1n) is 6.93. The molecule has 3 aromatic rings. The molecule has 3 nitrogen and oxygen atoms in total. The van der Waals surface area contributed by atoms with E-state index in [1.165, 1.54) is 18.2 Å². The number of hydrogen-bond acceptors (Lipinski definition) is 1. The molecule has 0 aliphatic heterocycles. The average molecular weight is 354 g/mol. The van der Waals surface area contributed by atoms with E-state index in [1.807, 2.05) is 0 Å². The van der Waals surface area contributed by atoms with Gasteiger partial charge in [-0.25, -0.2) is 4.79 Å². The van der Waals surface area contributed by atoms with E-state index in [1.54, 1.807) is 22.9 Å². The van der Waals surface area contributed by atoms with Crippen LogP contribution in [0, 0.1) is 0 Å². The van der Waals surface area contributed by atoms with Gasteiger partial charge in [0.2, 0.25) is 0 Å². The Bertz CT molecular complexity index is 914. The number of aromatic carboxylic acids is 1. The fraction of sp³-hybridized carbons (Fsp3) is 0.118. The van der Waals surface area contributed by atoms with E-state index in [9.17, 15) is 23.1 Å². The van der Waals surface area contributed by atoms with Crippen LogP contribution in [-0.4, -0.2) is 15.6 Å². The Morgan fingerprint density at radius 2 is 1.79 bits per heavy atom. The summed E-state index contributed by atoms with van der Waals surface area (Å²) >= 11 is 5.92. The van der Waals surface area contributed by atoms with Crippen LogP contribution in [0.2, 0.25) is 5.02 Å². The molecule has 0 spiro atoms. The standard InChI is InChI=1S/C17H11ClF3NO2/c18-13-7-11-5-6-22(15(11)14(8-13)16(23)24)9-10-1-3-12(4-2-10)17(19,20)21/h1-8H,9H2,(H,23,24). The number of nitrogens with zero attached hydrogens (tertiary/aromatic N) is 1. The highest BCUT2D eigenvalue weighted by Gasteiger charge is 2.29. The highest BCUT2D eigenvalue weighted by atomic mass is 35.5. The second-order valence-electron chi connectivity index (χ2n) is 5.33. The average Bonchev–Trinajstić information content (AvgIpc) is 2.88. The van der Waals surface area contributed by atoms with Crippen molar-refractivity contribution in [3.05, 3.63) is 70.4 Å². The van der Waals surface area contributed by atoms with Crippen molar-refractivity contribution >= 4 is 28.5 Å². The quantitative estimate of drug-likeness (QED) is 0.715. The van der Waals surface area contributed by atoms with Crippen molar-refractivity contribution in [2.75, 3.05) is 0 Å². The van der Waals surface area contributed by atoms with E-state index in [-0.39, 0.29) is 12.1 Å². The van der Waals surface area contributed by atoms with Crippen LogP contribution in [0.1, 0.15) is 21.5 Å². The van der Waals surface area contributed by atoms with Crippen molar-refractivity contribution in [2.24, 2.45) is 0 Å². The maximum Gasteiger partial charge on any atom is 0.416 e. The van der Waals surface area contributed by atoms with E-state index in [0.717, 1.165) is 12.1 Å². The van der Waals surface area contributed by atoms with E-state index in [0.29, 0.717) is 21.5 Å². The van der Waals surface area contributed by atoms with Gasteiger partial charge in [-0.05, 0) is 35.9 Å². The summed E-state index contributed by atoms with van der Waals surface area (Å²) in [6.07, 6.45) is -2.70. The summed E-state index contributed by atoms with van der Waals surface area (Å²) in [6.45, 7) is 0.254. The second-order valence-corrected chi connectivity index (χ2v) is 5.77. The first-order valence-corrected chi connectivity index (χ1v) is 7.31. The van der Waals surface area contributed by atoms with Crippen molar-refractivity contribution < 1.29 is 23.1 Å². The largest absolute Gasteiger partial charge is 0.478 e. The lowest BCUT2D eigenvalue weighted by Crippen LogP contribution is -2.06. The molecule has 0 saturated carbocycles. The van der Waals surface area contributed by atoms with Crippen LogP contribution in [-0.2, 0) is 12.7 Å². The molecule has 1 N–H and O–H groups in total. The smallest absolute Gasteiger partial charge is 0.416 e. The Balaban J connectivity index is 2.00. The predicted octanol–water partition coefficient (Wildman–Crippen LogP) is 5.06. The van der Waals surface area contributed by atoms with Crippen LogP contribution in [0.5, 0.6) is 0 Å². The van der Waals surface area contributed by atoms with Crippen molar-refractivity contribution in [1.29, 1.82) is 0 Å². The molecule has 124 valence electrons. The molecule has 24 heavy (non-hydrogen) atoms.